The fraction of sp³-hybridized carbons (Fsp3) is 0.300. The normalized spacial score (nSPS) is 19.0. The summed E-state index contributed by atoms with van der Waals surface area (Å²) in [5.41, 5.74) is 1.63. The number of carbonyl (C=O) groups is 1. The highest BCUT2D eigenvalue weighted by atomic mass is 35.5. The Kier molecular flexibility index (Phi) is 5.64. The maximum Gasteiger partial charge on any atom is 0.233 e. The number of β-amino-alcohol motifs (C(OH)–C–C–N with tert-alkyl or cyclic N) is 1. The van der Waals surface area contributed by atoms with Gasteiger partial charge in [-0.3, -0.25) is 9.78 Å². The Labute approximate surface area is 161 Å². The highest BCUT2D eigenvalue weighted by Gasteiger charge is 2.43. The lowest BCUT2D eigenvalue weighted by Crippen LogP contribution is -2.27. The minimum atomic E-state index is -0.951. The fourth-order valence-electron chi connectivity index (χ4n) is 3.22. The molecule has 1 fully saturated rings. The van der Waals surface area contributed by atoms with E-state index in [0.29, 0.717) is 27.6 Å². The van der Waals surface area contributed by atoms with Gasteiger partial charge in [-0.1, -0.05) is 17.5 Å². The molecule has 0 saturated carbocycles. The van der Waals surface area contributed by atoms with Gasteiger partial charge in [-0.25, -0.2) is 4.39 Å². The summed E-state index contributed by atoms with van der Waals surface area (Å²) in [5.74, 6) is 4.50. The molecule has 0 aliphatic carbocycles. The van der Waals surface area contributed by atoms with Crippen molar-refractivity contribution in [3.63, 3.8) is 0 Å². The van der Waals surface area contributed by atoms with Gasteiger partial charge in [-0.05, 0) is 31.2 Å². The van der Waals surface area contributed by atoms with E-state index in [1.54, 1.807) is 19.1 Å². The van der Waals surface area contributed by atoms with Crippen LogP contribution in [0.4, 0.5) is 4.39 Å². The highest BCUT2D eigenvalue weighted by Crippen LogP contribution is 2.40. The summed E-state index contributed by atoms with van der Waals surface area (Å²) in [5, 5.41) is 10.8. The lowest BCUT2D eigenvalue weighted by atomic mass is 9.93. The average Bonchev–Trinajstić information content (AvgIpc) is 2.90. The van der Waals surface area contributed by atoms with Gasteiger partial charge in [0.05, 0.1) is 37.6 Å². The van der Waals surface area contributed by atoms with E-state index in [1.165, 1.54) is 24.1 Å². The number of methoxy groups -OCH3 is 1. The molecule has 1 aliphatic heterocycles. The number of aromatic nitrogens is 1. The van der Waals surface area contributed by atoms with Crippen molar-refractivity contribution in [2.75, 3.05) is 13.7 Å². The van der Waals surface area contributed by atoms with Gasteiger partial charge in [-0.15, -0.1) is 5.92 Å². The topological polar surface area (TPSA) is 62.7 Å². The molecular formula is C20H18ClFN2O3. The summed E-state index contributed by atoms with van der Waals surface area (Å²) in [7, 11) is 1.48. The van der Waals surface area contributed by atoms with E-state index in [2.05, 4.69) is 16.8 Å². The number of nitrogens with zero attached hydrogens (tertiary/aromatic N) is 2. The molecule has 27 heavy (non-hydrogen) atoms. The first-order chi connectivity index (χ1) is 12.9. The molecule has 140 valence electrons. The second kappa shape index (κ2) is 7.95. The molecule has 5 nitrogen and oxygen atoms in total. The van der Waals surface area contributed by atoms with E-state index in [-0.39, 0.29) is 19.0 Å². The number of hydrogen-bond donors (Lipinski definition) is 1. The van der Waals surface area contributed by atoms with E-state index in [9.17, 15) is 14.3 Å². The number of aliphatic hydroxyl groups excluding tert-OH is 1. The summed E-state index contributed by atoms with van der Waals surface area (Å²) in [4.78, 5) is 18.4. The van der Waals surface area contributed by atoms with Crippen molar-refractivity contribution in [3.8, 4) is 17.6 Å². The number of hydrogen-bond acceptors (Lipinski definition) is 4. The summed E-state index contributed by atoms with van der Waals surface area (Å²) >= 11 is 6.40. The predicted octanol–water partition coefficient (Wildman–Crippen LogP) is 2.74. The van der Waals surface area contributed by atoms with Crippen molar-refractivity contribution in [1.29, 1.82) is 0 Å². The predicted molar refractivity (Wildman–Crippen MR) is 98.9 cm³/mol. The van der Waals surface area contributed by atoms with E-state index in [4.69, 9.17) is 16.3 Å². The number of amides is 1. The van der Waals surface area contributed by atoms with E-state index >= 15 is 0 Å². The van der Waals surface area contributed by atoms with Crippen molar-refractivity contribution in [2.24, 2.45) is 0 Å². The van der Waals surface area contributed by atoms with E-state index in [0.717, 1.165) is 6.20 Å². The fourth-order valence-corrected chi connectivity index (χ4v) is 3.54. The molecule has 1 aromatic heterocycles. The minimum absolute atomic E-state index is 0.124. The van der Waals surface area contributed by atoms with Crippen LogP contribution in [-0.4, -0.2) is 40.7 Å². The van der Waals surface area contributed by atoms with Gasteiger partial charge in [0, 0.05) is 22.7 Å². The molecule has 3 rings (SSSR count). The zero-order valence-electron chi connectivity index (χ0n) is 14.9. The highest BCUT2D eigenvalue weighted by molar-refractivity contribution is 6.32. The Bertz CT molecular complexity index is 921. The van der Waals surface area contributed by atoms with Gasteiger partial charge in [0.15, 0.2) is 0 Å². The van der Waals surface area contributed by atoms with Crippen molar-refractivity contribution < 1.29 is 19.0 Å². The van der Waals surface area contributed by atoms with Crippen LogP contribution >= 0.6 is 11.6 Å². The van der Waals surface area contributed by atoms with Gasteiger partial charge in [0.1, 0.15) is 11.6 Å². The molecule has 2 heterocycles. The van der Waals surface area contributed by atoms with E-state index < -0.39 is 17.8 Å². The van der Waals surface area contributed by atoms with Crippen LogP contribution < -0.4 is 4.74 Å². The third-order valence-electron chi connectivity index (χ3n) is 4.40. The number of carbonyl (C=O) groups excluding carboxylic acids is 1. The maximum absolute atomic E-state index is 13.0. The van der Waals surface area contributed by atoms with Crippen LogP contribution in [0.2, 0.25) is 5.02 Å². The molecule has 7 heteroatoms. The second-order valence-corrected chi connectivity index (χ2v) is 6.59. The van der Waals surface area contributed by atoms with Crippen LogP contribution in [0.3, 0.4) is 0 Å². The van der Waals surface area contributed by atoms with Gasteiger partial charge < -0.3 is 14.7 Å². The van der Waals surface area contributed by atoms with Gasteiger partial charge in [-0.2, -0.15) is 0 Å². The van der Waals surface area contributed by atoms with Crippen molar-refractivity contribution >= 4 is 17.5 Å². The molecule has 1 N–H and O–H groups in total. The van der Waals surface area contributed by atoms with Crippen LogP contribution in [0.1, 0.15) is 29.7 Å². The second-order valence-electron chi connectivity index (χ2n) is 6.18. The molecule has 2 atom stereocenters. The third kappa shape index (κ3) is 3.90. The zero-order valence-corrected chi connectivity index (χ0v) is 15.6. The first-order valence-electron chi connectivity index (χ1n) is 8.32. The van der Waals surface area contributed by atoms with Crippen LogP contribution in [0, 0.1) is 17.7 Å². The molecule has 2 aromatic rings. The molecule has 1 aromatic carbocycles. The van der Waals surface area contributed by atoms with Crippen LogP contribution in [0.25, 0.3) is 0 Å². The SMILES string of the molecule is CC#Cc1cc(Cl)c(C2C(=O)N(Cc3ccc(F)cn3)CC2O)c(OC)c1. The van der Waals surface area contributed by atoms with Crippen molar-refractivity contribution in [2.45, 2.75) is 25.5 Å². The minimum Gasteiger partial charge on any atom is -0.496 e. The number of rotatable bonds is 4. The van der Waals surface area contributed by atoms with Crippen molar-refractivity contribution in [3.05, 3.63) is 58.1 Å². The maximum atomic E-state index is 13.0. The average molecular weight is 389 g/mol. The summed E-state index contributed by atoms with van der Waals surface area (Å²) in [6.07, 6.45) is 0.143. The molecule has 1 aliphatic rings. The quantitative estimate of drug-likeness (QED) is 0.818. The Morgan fingerprint density at radius 1 is 1.44 bits per heavy atom. The molecule has 0 radical (unpaired) electrons. The Hall–Kier alpha value is -2.62. The number of aliphatic hydroxyl groups is 1. The standard InChI is InChI=1S/C20H18ClFN2O3/c1-3-4-12-7-15(21)18(17(8-12)27-2)19-16(25)11-24(20(19)26)10-14-6-5-13(22)9-23-14/h5-9,16,19,25H,10-11H2,1-2H3. The lowest BCUT2D eigenvalue weighted by Gasteiger charge is -2.19. The summed E-state index contributed by atoms with van der Waals surface area (Å²) in [6, 6.07) is 6.14. The smallest absolute Gasteiger partial charge is 0.233 e. The molecule has 1 amide bonds. The number of ether oxygens (including phenoxy) is 1. The van der Waals surface area contributed by atoms with Crippen LogP contribution in [0.5, 0.6) is 5.75 Å². The first-order valence-corrected chi connectivity index (χ1v) is 8.70. The summed E-state index contributed by atoms with van der Waals surface area (Å²) in [6.45, 7) is 2.00. The van der Waals surface area contributed by atoms with Gasteiger partial charge in [0.25, 0.3) is 0 Å². The lowest BCUT2D eigenvalue weighted by molar-refractivity contribution is -0.129. The number of halogens is 2. The van der Waals surface area contributed by atoms with Gasteiger partial charge in [0.2, 0.25) is 5.91 Å². The number of benzene rings is 1. The van der Waals surface area contributed by atoms with E-state index in [1.807, 2.05) is 0 Å². The Morgan fingerprint density at radius 2 is 2.22 bits per heavy atom. The first kappa shape index (κ1) is 19.2. The van der Waals surface area contributed by atoms with Crippen LogP contribution in [0.15, 0.2) is 30.5 Å². The number of likely N-dealkylation sites (tertiary alicyclic amines) is 1. The molecule has 0 spiro atoms. The molecule has 0 bridgehead atoms. The third-order valence-corrected chi connectivity index (χ3v) is 4.72. The summed E-state index contributed by atoms with van der Waals surface area (Å²) < 4.78 is 18.4. The Morgan fingerprint density at radius 3 is 2.85 bits per heavy atom. The molecule has 2 unspecified atom stereocenters. The molecular weight excluding hydrogens is 371 g/mol. The number of pyridine rings is 1. The van der Waals surface area contributed by atoms with Gasteiger partial charge >= 0.3 is 0 Å². The largest absolute Gasteiger partial charge is 0.496 e. The zero-order chi connectivity index (χ0) is 19.6. The molecule has 1 saturated heterocycles. The Balaban J connectivity index is 1.91. The van der Waals surface area contributed by atoms with Crippen LogP contribution in [-0.2, 0) is 11.3 Å². The monoisotopic (exact) mass is 388 g/mol. The van der Waals surface area contributed by atoms with Crippen molar-refractivity contribution in [1.82, 2.24) is 9.88 Å².